The minimum Gasteiger partial charge on any atom is -0.444 e. The smallest absolute Gasteiger partial charge is 0.411 e. The van der Waals surface area contributed by atoms with Gasteiger partial charge in [-0.15, -0.1) is 30.1 Å². The third kappa shape index (κ3) is 24.5. The van der Waals surface area contributed by atoms with Crippen LogP contribution in [0.3, 0.4) is 0 Å². The van der Waals surface area contributed by atoms with Gasteiger partial charge in [0.05, 0.1) is 32.8 Å². The van der Waals surface area contributed by atoms with Crippen molar-refractivity contribution in [3.05, 3.63) is 67.8 Å². The molecule has 2 aromatic rings. The monoisotopic (exact) mass is 1010 g/mol. The molecule has 378 valence electrons. The summed E-state index contributed by atoms with van der Waals surface area (Å²) >= 11 is 3.53. The number of fused-ring (bicyclic) bond motifs is 2. The maximum atomic E-state index is 12.2. The maximum absolute atomic E-state index is 12.2. The molecule has 4 rings (SSSR count). The summed E-state index contributed by atoms with van der Waals surface area (Å²) in [5.74, 6) is 24.5. The maximum Gasteiger partial charge on any atom is 0.411 e. The number of nitrogens with zero attached hydrogens (tertiary/aromatic N) is 3. The zero-order valence-electron chi connectivity index (χ0n) is 44.6. The number of hydrogen-bond donors (Lipinski definition) is 3. The molecule has 0 fully saturated rings. The molecular weight excluding hydrogens is 937 g/mol. The van der Waals surface area contributed by atoms with Crippen molar-refractivity contribution in [2.24, 2.45) is 0 Å². The number of benzene rings is 2. The molecule has 0 unspecified atom stereocenters. The Morgan fingerprint density at radius 3 is 1.30 bits per heavy atom. The Morgan fingerprint density at radius 2 is 0.986 bits per heavy atom. The fourth-order valence-corrected chi connectivity index (χ4v) is 6.99. The quantitative estimate of drug-likeness (QED) is 0.112. The van der Waals surface area contributed by atoms with Crippen molar-refractivity contribution in [1.29, 1.82) is 0 Å². The van der Waals surface area contributed by atoms with Crippen LogP contribution in [-0.4, -0.2) is 92.8 Å². The van der Waals surface area contributed by atoms with Gasteiger partial charge in [0.15, 0.2) is 0 Å². The van der Waals surface area contributed by atoms with E-state index in [-0.39, 0.29) is 31.5 Å². The molecule has 0 spiro atoms. The Morgan fingerprint density at radius 1 is 0.638 bits per heavy atom. The van der Waals surface area contributed by atoms with Crippen LogP contribution in [0.5, 0.6) is 0 Å². The van der Waals surface area contributed by atoms with Crippen LogP contribution >= 0.6 is 15.9 Å². The van der Waals surface area contributed by atoms with Gasteiger partial charge in [-0.2, -0.15) is 0 Å². The Labute approximate surface area is 424 Å². The van der Waals surface area contributed by atoms with Crippen molar-refractivity contribution >= 4 is 34.2 Å². The molecule has 69 heavy (non-hydrogen) atoms. The van der Waals surface area contributed by atoms with E-state index in [1.165, 1.54) is 38.3 Å². The second-order valence-corrected chi connectivity index (χ2v) is 19.4. The van der Waals surface area contributed by atoms with Gasteiger partial charge in [-0.3, -0.25) is 20.0 Å². The predicted molar refractivity (Wildman–Crippen MR) is 282 cm³/mol. The highest BCUT2D eigenvalue weighted by Crippen LogP contribution is 2.34. The molecule has 0 saturated carbocycles. The highest BCUT2D eigenvalue weighted by atomic mass is 79.9. The lowest BCUT2D eigenvalue weighted by Gasteiger charge is -2.24. The van der Waals surface area contributed by atoms with E-state index in [9.17, 15) is 19.5 Å². The number of hydrogen-bond acceptors (Lipinski definition) is 9. The summed E-state index contributed by atoms with van der Waals surface area (Å²) in [5, 5.41) is 20.9. The molecular formula is C56H79BrN4O8. The van der Waals surface area contributed by atoms with E-state index in [0.29, 0.717) is 39.3 Å². The average molecular weight is 1020 g/mol. The highest BCUT2D eigenvalue weighted by molar-refractivity contribution is 9.08. The van der Waals surface area contributed by atoms with Crippen LogP contribution in [0.2, 0.25) is 0 Å². The zero-order chi connectivity index (χ0) is 53.1. The summed E-state index contributed by atoms with van der Waals surface area (Å²) < 4.78 is 16.1. The molecule has 2 aliphatic heterocycles. The van der Waals surface area contributed by atoms with Gasteiger partial charge in [-0.25, -0.2) is 14.4 Å². The van der Waals surface area contributed by atoms with Crippen LogP contribution < -0.4 is 5.32 Å². The van der Waals surface area contributed by atoms with E-state index < -0.39 is 16.8 Å². The van der Waals surface area contributed by atoms with Gasteiger partial charge in [0, 0.05) is 31.5 Å². The van der Waals surface area contributed by atoms with Crippen molar-refractivity contribution in [2.45, 2.75) is 173 Å². The van der Waals surface area contributed by atoms with Crippen molar-refractivity contribution in [1.82, 2.24) is 20.0 Å². The molecule has 0 aliphatic carbocycles. The highest BCUT2D eigenvalue weighted by Gasteiger charge is 2.32. The zero-order valence-corrected chi connectivity index (χ0v) is 46.2. The number of carbonyl (C=O) groups excluding carboxylic acids is 3. The van der Waals surface area contributed by atoms with Gasteiger partial charge in [0.2, 0.25) is 0 Å². The molecule has 0 radical (unpaired) electrons. The van der Waals surface area contributed by atoms with Gasteiger partial charge >= 0.3 is 18.3 Å². The second kappa shape index (κ2) is 31.5. The molecule has 0 saturated heterocycles. The first-order chi connectivity index (χ1) is 32.2. The molecule has 0 atom stereocenters. The summed E-state index contributed by atoms with van der Waals surface area (Å²) in [7, 11) is 0. The van der Waals surface area contributed by atoms with E-state index in [4.69, 9.17) is 19.3 Å². The number of amides is 3. The van der Waals surface area contributed by atoms with Crippen molar-refractivity contribution < 1.29 is 38.8 Å². The van der Waals surface area contributed by atoms with Gasteiger partial charge in [-0.05, 0) is 173 Å². The second-order valence-electron chi connectivity index (χ2n) is 18.8. The van der Waals surface area contributed by atoms with Gasteiger partial charge in [0.1, 0.15) is 23.4 Å². The average Bonchev–Trinajstić information content (AvgIpc) is 3.93. The minimum atomic E-state index is -0.491. The van der Waals surface area contributed by atoms with Gasteiger partial charge in [0.25, 0.3) is 0 Å². The van der Waals surface area contributed by atoms with Crippen LogP contribution in [0, 0.1) is 87.4 Å². The number of aliphatic hydroxyl groups is 2. The molecule has 3 N–H and O–H groups in total. The predicted octanol–water partition coefficient (Wildman–Crippen LogP) is 10.0. The Hall–Kier alpha value is -5.59. The number of halogens is 1. The number of terminal acetylenes is 1. The molecule has 2 heterocycles. The van der Waals surface area contributed by atoms with Crippen LogP contribution in [0.4, 0.5) is 14.4 Å². The number of nitrogens with one attached hydrogen (secondary N) is 1. The molecule has 13 heteroatoms. The number of aryl methyl sites for hydroxylation is 2. The summed E-state index contributed by atoms with van der Waals surface area (Å²) in [6.45, 7) is 36.7. The lowest BCUT2D eigenvalue weighted by Crippen LogP contribution is -2.37. The fraction of sp³-hybridized carbons (Fsp3) is 0.554. The van der Waals surface area contributed by atoms with E-state index in [1.54, 1.807) is 23.6 Å². The van der Waals surface area contributed by atoms with Gasteiger partial charge in [-0.1, -0.05) is 57.7 Å². The fourth-order valence-electron chi connectivity index (χ4n) is 6.41. The van der Waals surface area contributed by atoms with Gasteiger partial charge < -0.3 is 24.4 Å². The normalized spacial score (nSPS) is 11.6. The summed E-state index contributed by atoms with van der Waals surface area (Å²) in [5.41, 5.74) is 10.5. The third-order valence-electron chi connectivity index (χ3n) is 9.76. The van der Waals surface area contributed by atoms with Crippen LogP contribution in [0.25, 0.3) is 0 Å². The molecule has 0 bridgehead atoms. The number of rotatable bonds is 6. The van der Waals surface area contributed by atoms with E-state index in [1.807, 2.05) is 102 Å². The Bertz CT molecular complexity index is 2180. The molecule has 3 amide bonds. The third-order valence-corrected chi connectivity index (χ3v) is 10.4. The Balaban J connectivity index is 0.000000897. The molecule has 2 aliphatic rings. The number of alkyl halides is 1. The first-order valence-electron chi connectivity index (χ1n) is 22.8. The lowest BCUT2D eigenvalue weighted by atomic mass is 9.95. The minimum absolute atomic E-state index is 0.0341. The van der Waals surface area contributed by atoms with Crippen molar-refractivity contribution in [2.75, 3.05) is 32.8 Å². The SMILES string of the molecule is C#CCO.CC#CCN(CC#CC)C(=O)OC(C)(C)C.CC#CCNCC#CC.Cc1cc(CBr)c(C)c2c1CN(C(=O)OC(C)(C)C)C2.Cc1cc(CO)c(C)c2c1CN(C(=O)OC(C)(C)C)C2. The van der Waals surface area contributed by atoms with Crippen molar-refractivity contribution in [3.8, 4) is 59.7 Å². The summed E-state index contributed by atoms with van der Waals surface area (Å²) in [6.07, 6.45) is 3.64. The van der Waals surface area contributed by atoms with Crippen LogP contribution in [-0.2, 0) is 52.3 Å². The van der Waals surface area contributed by atoms with Crippen molar-refractivity contribution in [3.63, 3.8) is 0 Å². The van der Waals surface area contributed by atoms with E-state index in [0.717, 1.165) is 40.7 Å². The summed E-state index contributed by atoms with van der Waals surface area (Å²) in [4.78, 5) is 41.1. The number of aliphatic hydroxyl groups excluding tert-OH is 2. The molecule has 0 aromatic heterocycles. The topological polar surface area (TPSA) is 141 Å². The molecule has 2 aromatic carbocycles. The standard InChI is InChI=1S/C16H22BrNO2.C16H23NO3.C13H19NO2.C8H11N.C3H4O/c1-10-6-12(7-17)11(2)14-9-18(8-13(10)14)15(19)20-16(3,4)5;1-10-6-12(9-18)11(2)14-8-17(7-13(10)14)15(19)20-16(3,4)5;1-6-8-10-14(11-9-7-2)12(15)16-13(3,4)5;1-3-5-7-9-8-6-4-2;1-2-3-4/h6H,7-9H2,1-5H3;6,18H,7-9H2,1-5H3;10-11H2,1-5H3;9H,7-8H2,1-2H3;1,4H,3H2. The number of ether oxygens (including phenoxy) is 3. The van der Waals surface area contributed by atoms with E-state index in [2.05, 4.69) is 94.9 Å². The Kier molecular flexibility index (Phi) is 29.0. The van der Waals surface area contributed by atoms with E-state index >= 15 is 0 Å². The first-order valence-corrected chi connectivity index (χ1v) is 24.0. The van der Waals surface area contributed by atoms with Crippen LogP contribution in [0.15, 0.2) is 12.1 Å². The molecule has 12 nitrogen and oxygen atoms in total. The number of carbonyl (C=O) groups is 3. The first kappa shape index (κ1) is 63.4. The largest absolute Gasteiger partial charge is 0.444 e. The lowest BCUT2D eigenvalue weighted by molar-refractivity contribution is 0.0231. The van der Waals surface area contributed by atoms with Crippen LogP contribution in [0.1, 0.15) is 146 Å². The summed E-state index contributed by atoms with van der Waals surface area (Å²) in [6, 6.07) is 4.22.